The number of nitrogens with zero attached hydrogens (tertiary/aromatic N) is 2. The highest BCUT2D eigenvalue weighted by atomic mass is 19.1. The minimum absolute atomic E-state index is 0.0694. The molecule has 1 saturated heterocycles. The Hall–Kier alpha value is -2.89. The van der Waals surface area contributed by atoms with E-state index in [0.717, 1.165) is 13.1 Å². The zero-order valence-corrected chi connectivity index (χ0v) is 16.6. The second-order valence-corrected chi connectivity index (χ2v) is 7.91. The van der Waals surface area contributed by atoms with Gasteiger partial charge in [0.15, 0.2) is 0 Å². The van der Waals surface area contributed by atoms with Crippen molar-refractivity contribution in [1.29, 1.82) is 0 Å². The molecule has 2 fully saturated rings. The van der Waals surface area contributed by atoms with E-state index in [0.29, 0.717) is 25.1 Å². The van der Waals surface area contributed by atoms with Crippen molar-refractivity contribution in [2.24, 2.45) is 11.8 Å². The van der Waals surface area contributed by atoms with Gasteiger partial charge in [-0.1, -0.05) is 30.3 Å². The van der Waals surface area contributed by atoms with Crippen LogP contribution in [0.15, 0.2) is 48.5 Å². The molecule has 2 aromatic carbocycles. The third kappa shape index (κ3) is 4.42. The van der Waals surface area contributed by atoms with E-state index in [4.69, 9.17) is 0 Å². The molecule has 0 radical (unpaired) electrons. The Morgan fingerprint density at radius 2 is 1.79 bits per heavy atom. The second-order valence-electron chi connectivity index (χ2n) is 7.91. The number of piperazine rings is 1. The summed E-state index contributed by atoms with van der Waals surface area (Å²) < 4.78 is 13.7. The van der Waals surface area contributed by atoms with E-state index >= 15 is 0 Å². The third-order valence-electron chi connectivity index (χ3n) is 5.81. The molecule has 4 rings (SSSR count). The van der Waals surface area contributed by atoms with Gasteiger partial charge in [0.2, 0.25) is 11.8 Å². The van der Waals surface area contributed by atoms with E-state index < -0.39 is 0 Å². The lowest BCUT2D eigenvalue weighted by atomic mass is 10.1. The molecule has 1 N–H and O–H groups in total. The number of carbonyl (C=O) groups excluding carboxylic acids is 2. The van der Waals surface area contributed by atoms with Gasteiger partial charge in [-0.25, -0.2) is 4.39 Å². The van der Waals surface area contributed by atoms with E-state index in [1.54, 1.807) is 18.2 Å². The minimum Gasteiger partial charge on any atom is -0.368 e. The van der Waals surface area contributed by atoms with Crippen molar-refractivity contribution in [1.82, 2.24) is 10.2 Å². The van der Waals surface area contributed by atoms with Crippen molar-refractivity contribution < 1.29 is 14.0 Å². The molecule has 1 aliphatic heterocycles. The molecular weight excluding hydrogens is 369 g/mol. The van der Waals surface area contributed by atoms with Crippen LogP contribution in [0.1, 0.15) is 17.5 Å². The number of benzene rings is 2. The predicted molar refractivity (Wildman–Crippen MR) is 110 cm³/mol. The average Bonchev–Trinajstić information content (AvgIpc) is 3.54. The molecule has 2 aromatic rings. The molecule has 1 aliphatic carbocycles. The summed E-state index contributed by atoms with van der Waals surface area (Å²) in [5.41, 5.74) is 2.87. The smallest absolute Gasteiger partial charge is 0.226 e. The Balaban J connectivity index is 1.25. The van der Waals surface area contributed by atoms with Crippen molar-refractivity contribution in [3.8, 4) is 0 Å². The summed E-state index contributed by atoms with van der Waals surface area (Å²) in [4.78, 5) is 29.3. The molecule has 0 aromatic heterocycles. The summed E-state index contributed by atoms with van der Waals surface area (Å²) in [6, 6.07) is 14.8. The number of anilines is 1. The van der Waals surface area contributed by atoms with Crippen LogP contribution in [0.4, 0.5) is 10.1 Å². The van der Waals surface area contributed by atoms with Crippen molar-refractivity contribution in [2.45, 2.75) is 19.9 Å². The summed E-state index contributed by atoms with van der Waals surface area (Å²) in [7, 11) is 0. The molecule has 2 amide bonds. The maximum absolute atomic E-state index is 13.7. The number of aryl methyl sites for hydroxylation is 1. The molecule has 2 aliphatic rings. The highest BCUT2D eigenvalue weighted by Gasteiger charge is 2.49. The number of nitrogens with one attached hydrogen (secondary N) is 1. The molecule has 6 heteroatoms. The average molecular weight is 395 g/mol. The molecule has 2 atom stereocenters. The van der Waals surface area contributed by atoms with Gasteiger partial charge in [-0.2, -0.15) is 0 Å². The fourth-order valence-corrected chi connectivity index (χ4v) is 3.96. The normalized spacial score (nSPS) is 21.0. The van der Waals surface area contributed by atoms with Crippen LogP contribution in [0.5, 0.6) is 0 Å². The van der Waals surface area contributed by atoms with Crippen molar-refractivity contribution in [3.05, 3.63) is 65.5 Å². The lowest BCUT2D eigenvalue weighted by molar-refractivity contribution is -0.135. The van der Waals surface area contributed by atoms with Crippen LogP contribution >= 0.6 is 0 Å². The third-order valence-corrected chi connectivity index (χ3v) is 5.81. The number of halogens is 1. The van der Waals surface area contributed by atoms with Crippen molar-refractivity contribution in [2.75, 3.05) is 31.1 Å². The molecule has 5 nitrogen and oxygen atoms in total. The van der Waals surface area contributed by atoms with Crippen LogP contribution in [-0.2, 0) is 16.1 Å². The zero-order valence-electron chi connectivity index (χ0n) is 16.6. The van der Waals surface area contributed by atoms with Crippen LogP contribution in [0, 0.1) is 24.6 Å². The Kier molecular flexibility index (Phi) is 5.51. The van der Waals surface area contributed by atoms with Gasteiger partial charge in [0, 0.05) is 44.0 Å². The standard InChI is InChI=1S/C23H26FN3O2/c1-16-5-4-7-18(13-16)26-9-11-27(12-10-26)23(29)20-14-19(20)22(28)25-15-17-6-2-3-8-21(17)24/h2-8,13,19-20H,9-12,14-15H2,1H3,(H,25,28). The minimum atomic E-state index is -0.331. The molecule has 152 valence electrons. The molecule has 0 bridgehead atoms. The predicted octanol–water partition coefficient (Wildman–Crippen LogP) is 2.74. The van der Waals surface area contributed by atoms with Crippen LogP contribution in [-0.4, -0.2) is 42.9 Å². The van der Waals surface area contributed by atoms with E-state index in [1.165, 1.54) is 17.3 Å². The van der Waals surface area contributed by atoms with Gasteiger partial charge in [-0.15, -0.1) is 0 Å². The van der Waals surface area contributed by atoms with Gasteiger partial charge in [0.25, 0.3) is 0 Å². The van der Waals surface area contributed by atoms with Crippen molar-refractivity contribution >= 4 is 17.5 Å². The van der Waals surface area contributed by atoms with E-state index in [-0.39, 0.29) is 36.0 Å². The number of carbonyl (C=O) groups is 2. The number of rotatable bonds is 5. The first kappa shape index (κ1) is 19.4. The first-order valence-corrected chi connectivity index (χ1v) is 10.1. The van der Waals surface area contributed by atoms with Crippen LogP contribution in [0.25, 0.3) is 0 Å². The van der Waals surface area contributed by atoms with Gasteiger partial charge in [-0.3, -0.25) is 9.59 Å². The molecule has 29 heavy (non-hydrogen) atoms. The summed E-state index contributed by atoms with van der Waals surface area (Å²) in [5.74, 6) is -0.946. The number of hydrogen-bond donors (Lipinski definition) is 1. The van der Waals surface area contributed by atoms with Gasteiger partial charge in [-0.05, 0) is 37.1 Å². The summed E-state index contributed by atoms with van der Waals surface area (Å²) in [6.45, 7) is 5.17. The quantitative estimate of drug-likeness (QED) is 0.847. The van der Waals surface area contributed by atoms with E-state index in [9.17, 15) is 14.0 Å². The second kappa shape index (κ2) is 8.23. The monoisotopic (exact) mass is 395 g/mol. The first-order valence-electron chi connectivity index (χ1n) is 10.1. The molecule has 1 heterocycles. The fourth-order valence-electron chi connectivity index (χ4n) is 3.96. The summed E-state index contributed by atoms with van der Waals surface area (Å²) in [5, 5.41) is 2.77. The van der Waals surface area contributed by atoms with Gasteiger partial charge >= 0.3 is 0 Å². The van der Waals surface area contributed by atoms with Gasteiger partial charge < -0.3 is 15.1 Å². The Labute approximate surface area is 170 Å². The maximum atomic E-state index is 13.7. The lowest BCUT2D eigenvalue weighted by Gasteiger charge is -2.36. The number of hydrogen-bond acceptors (Lipinski definition) is 3. The fraction of sp³-hybridized carbons (Fsp3) is 0.391. The van der Waals surface area contributed by atoms with E-state index in [2.05, 4.69) is 41.4 Å². The topological polar surface area (TPSA) is 52.7 Å². The molecule has 1 saturated carbocycles. The largest absolute Gasteiger partial charge is 0.368 e. The Bertz CT molecular complexity index is 909. The summed E-state index contributed by atoms with van der Waals surface area (Å²) >= 11 is 0. The highest BCUT2D eigenvalue weighted by molar-refractivity contribution is 5.92. The van der Waals surface area contributed by atoms with Crippen LogP contribution in [0.2, 0.25) is 0 Å². The Morgan fingerprint density at radius 3 is 2.52 bits per heavy atom. The van der Waals surface area contributed by atoms with Gasteiger partial charge in [0.1, 0.15) is 5.82 Å². The molecular formula is C23H26FN3O2. The van der Waals surface area contributed by atoms with Crippen LogP contribution in [0.3, 0.4) is 0 Å². The highest BCUT2D eigenvalue weighted by Crippen LogP contribution is 2.40. The zero-order chi connectivity index (χ0) is 20.4. The SMILES string of the molecule is Cc1cccc(N2CCN(C(=O)C3CC3C(=O)NCc3ccccc3F)CC2)c1. The van der Waals surface area contributed by atoms with Gasteiger partial charge in [0.05, 0.1) is 11.8 Å². The molecule has 2 unspecified atom stereocenters. The van der Waals surface area contributed by atoms with Crippen LogP contribution < -0.4 is 10.2 Å². The Morgan fingerprint density at radius 1 is 1.03 bits per heavy atom. The van der Waals surface area contributed by atoms with Crippen molar-refractivity contribution in [3.63, 3.8) is 0 Å². The van der Waals surface area contributed by atoms with E-state index in [1.807, 2.05) is 4.90 Å². The lowest BCUT2D eigenvalue weighted by Crippen LogP contribution is -2.49. The summed E-state index contributed by atoms with van der Waals surface area (Å²) in [6.07, 6.45) is 0.583. The first-order chi connectivity index (χ1) is 14.0. The maximum Gasteiger partial charge on any atom is 0.226 e. The molecule has 0 spiro atoms. The number of amides is 2.